The van der Waals surface area contributed by atoms with Crippen LogP contribution < -0.4 is 0 Å². The molecule has 3 rings (SSSR count). The van der Waals surface area contributed by atoms with Crippen molar-refractivity contribution >= 4 is 5.97 Å². The van der Waals surface area contributed by atoms with Crippen LogP contribution in [0.15, 0.2) is 18.2 Å². The summed E-state index contributed by atoms with van der Waals surface area (Å²) < 4.78 is 0. The summed E-state index contributed by atoms with van der Waals surface area (Å²) >= 11 is 0. The van der Waals surface area contributed by atoms with Gasteiger partial charge >= 0.3 is 5.97 Å². The molecule has 1 N–H and O–H groups in total. The van der Waals surface area contributed by atoms with Crippen LogP contribution in [0.2, 0.25) is 0 Å². The molecule has 162 valence electrons. The Morgan fingerprint density at radius 3 is 2.03 bits per heavy atom. The van der Waals surface area contributed by atoms with Crippen molar-refractivity contribution in [3.63, 3.8) is 0 Å². The average Bonchev–Trinajstić information content (AvgIpc) is 2.75. The van der Waals surface area contributed by atoms with Crippen molar-refractivity contribution in [1.82, 2.24) is 0 Å². The molecule has 29 heavy (non-hydrogen) atoms. The molecule has 0 aromatic heterocycles. The van der Waals surface area contributed by atoms with Crippen molar-refractivity contribution in [2.45, 2.75) is 116 Å². The maximum absolute atomic E-state index is 11.9. The van der Waals surface area contributed by atoms with Gasteiger partial charge in [-0.15, -0.1) is 0 Å². The molecular weight excluding hydrogens is 356 g/mol. The lowest BCUT2D eigenvalue weighted by Gasteiger charge is -2.32. The Morgan fingerprint density at radius 1 is 0.828 bits per heavy atom. The van der Waals surface area contributed by atoms with Crippen LogP contribution in [0.1, 0.15) is 137 Å². The van der Waals surface area contributed by atoms with E-state index in [2.05, 4.69) is 26.0 Å². The largest absolute Gasteiger partial charge is 0.478 e. The summed E-state index contributed by atoms with van der Waals surface area (Å²) in [4.78, 5) is 11.9. The third-order valence-corrected chi connectivity index (χ3v) is 7.82. The Morgan fingerprint density at radius 2 is 1.45 bits per heavy atom. The van der Waals surface area contributed by atoms with E-state index in [9.17, 15) is 9.90 Å². The number of rotatable bonds is 9. The normalized spacial score (nSPS) is 27.7. The first-order valence-electron chi connectivity index (χ1n) is 12.5. The van der Waals surface area contributed by atoms with E-state index in [4.69, 9.17) is 0 Å². The molecule has 0 amide bonds. The fourth-order valence-electron chi connectivity index (χ4n) is 6.01. The van der Waals surface area contributed by atoms with Crippen LogP contribution in [0.25, 0.3) is 0 Å². The smallest absolute Gasteiger partial charge is 0.335 e. The van der Waals surface area contributed by atoms with E-state index >= 15 is 0 Å². The van der Waals surface area contributed by atoms with Crippen molar-refractivity contribution in [2.75, 3.05) is 0 Å². The van der Waals surface area contributed by atoms with Crippen molar-refractivity contribution in [2.24, 2.45) is 11.8 Å². The third-order valence-electron chi connectivity index (χ3n) is 7.82. The minimum absolute atomic E-state index is 0.444. The van der Waals surface area contributed by atoms with Gasteiger partial charge < -0.3 is 5.11 Å². The highest BCUT2D eigenvalue weighted by atomic mass is 16.4. The highest BCUT2D eigenvalue weighted by Crippen LogP contribution is 2.42. The maximum atomic E-state index is 11.9. The zero-order valence-corrected chi connectivity index (χ0v) is 18.8. The monoisotopic (exact) mass is 398 g/mol. The lowest BCUT2D eigenvalue weighted by molar-refractivity contribution is 0.0694. The van der Waals surface area contributed by atoms with Crippen LogP contribution in [0.3, 0.4) is 0 Å². The topological polar surface area (TPSA) is 37.3 Å². The molecule has 2 aliphatic rings. The summed E-state index contributed by atoms with van der Waals surface area (Å²) in [6.07, 6.45) is 18.2. The lowest BCUT2D eigenvalue weighted by Crippen LogP contribution is -2.17. The molecule has 2 nitrogen and oxygen atoms in total. The van der Waals surface area contributed by atoms with Crippen LogP contribution in [0.5, 0.6) is 0 Å². The number of hydrogen-bond acceptors (Lipinski definition) is 1. The number of carboxylic acids is 1. The van der Waals surface area contributed by atoms with Crippen LogP contribution in [-0.4, -0.2) is 11.1 Å². The Labute approximate surface area is 178 Å². The summed E-state index contributed by atoms with van der Waals surface area (Å²) in [5.41, 5.74) is 3.10. The minimum atomic E-state index is -0.748. The quantitative estimate of drug-likeness (QED) is 0.425. The molecule has 1 aromatic rings. The second kappa shape index (κ2) is 11.2. The van der Waals surface area contributed by atoms with E-state index in [1.807, 2.05) is 6.07 Å². The Bertz CT molecular complexity index is 634. The van der Waals surface area contributed by atoms with Crippen LogP contribution in [-0.2, 0) is 0 Å². The van der Waals surface area contributed by atoms with Gasteiger partial charge in [0.15, 0.2) is 0 Å². The van der Waals surface area contributed by atoms with Crippen LogP contribution >= 0.6 is 0 Å². The van der Waals surface area contributed by atoms with Gasteiger partial charge in [-0.1, -0.05) is 64.5 Å². The van der Waals surface area contributed by atoms with E-state index in [-0.39, 0.29) is 0 Å². The SMILES string of the molecule is CCCCCC1CCC(c2ccc(C(=O)O)c(C3CCC(CCC)CC3)c2)CC1. The lowest BCUT2D eigenvalue weighted by atomic mass is 9.73. The van der Waals surface area contributed by atoms with Gasteiger partial charge in [-0.2, -0.15) is 0 Å². The predicted octanol–water partition coefficient (Wildman–Crippen LogP) is 8.31. The molecule has 0 saturated heterocycles. The second-order valence-corrected chi connectivity index (χ2v) is 9.87. The number of aromatic carboxylic acids is 1. The Balaban J connectivity index is 1.65. The molecule has 0 bridgehead atoms. The fourth-order valence-corrected chi connectivity index (χ4v) is 6.01. The number of hydrogen-bond donors (Lipinski definition) is 1. The predicted molar refractivity (Wildman–Crippen MR) is 122 cm³/mol. The molecule has 0 atom stereocenters. The molecule has 1 aromatic carbocycles. The van der Waals surface area contributed by atoms with Gasteiger partial charge in [-0.05, 0) is 92.2 Å². The maximum Gasteiger partial charge on any atom is 0.335 e. The van der Waals surface area contributed by atoms with Gasteiger partial charge in [0, 0.05) is 0 Å². The first kappa shape index (κ1) is 22.4. The number of benzene rings is 1. The minimum Gasteiger partial charge on any atom is -0.478 e. The van der Waals surface area contributed by atoms with Crippen LogP contribution in [0, 0.1) is 11.8 Å². The number of unbranched alkanes of at least 4 members (excludes halogenated alkanes) is 2. The molecule has 2 aliphatic carbocycles. The summed E-state index contributed by atoms with van der Waals surface area (Å²) in [6, 6.07) is 6.34. The summed E-state index contributed by atoms with van der Waals surface area (Å²) in [6.45, 7) is 4.56. The molecule has 0 radical (unpaired) electrons. The number of carboxylic acid groups (broad SMARTS) is 1. The standard InChI is InChI=1S/C27H42O2/c1-3-5-6-8-21-9-13-22(14-10-21)24-17-18-25(27(28)29)26(19-24)23-15-11-20(7-4-2)12-16-23/h17-23H,3-16H2,1-2H3,(H,28,29). The van der Waals surface area contributed by atoms with E-state index in [0.29, 0.717) is 17.4 Å². The van der Waals surface area contributed by atoms with Crippen LogP contribution in [0.4, 0.5) is 0 Å². The Hall–Kier alpha value is -1.31. The summed E-state index contributed by atoms with van der Waals surface area (Å²) in [7, 11) is 0. The molecule has 0 unspecified atom stereocenters. The van der Waals surface area contributed by atoms with E-state index in [1.165, 1.54) is 95.5 Å². The zero-order valence-electron chi connectivity index (χ0n) is 18.8. The van der Waals surface area contributed by atoms with Gasteiger partial charge in [0.1, 0.15) is 0 Å². The molecule has 0 heterocycles. The van der Waals surface area contributed by atoms with Gasteiger partial charge in [-0.25, -0.2) is 4.79 Å². The van der Waals surface area contributed by atoms with E-state index in [0.717, 1.165) is 17.4 Å². The van der Waals surface area contributed by atoms with E-state index in [1.54, 1.807) is 0 Å². The average molecular weight is 399 g/mol. The Kier molecular flexibility index (Phi) is 8.63. The first-order valence-corrected chi connectivity index (χ1v) is 12.5. The zero-order chi connectivity index (χ0) is 20.6. The second-order valence-electron chi connectivity index (χ2n) is 9.87. The highest BCUT2D eigenvalue weighted by Gasteiger charge is 2.28. The number of carbonyl (C=O) groups is 1. The van der Waals surface area contributed by atoms with Crippen molar-refractivity contribution < 1.29 is 9.90 Å². The third kappa shape index (κ3) is 6.09. The van der Waals surface area contributed by atoms with Crippen molar-refractivity contribution in [3.05, 3.63) is 34.9 Å². The highest BCUT2D eigenvalue weighted by molar-refractivity contribution is 5.89. The van der Waals surface area contributed by atoms with Gasteiger partial charge in [-0.3, -0.25) is 0 Å². The molecule has 2 fully saturated rings. The summed E-state index contributed by atoms with van der Waals surface area (Å²) in [5, 5.41) is 9.77. The molecule has 2 heteroatoms. The fraction of sp³-hybridized carbons (Fsp3) is 0.741. The van der Waals surface area contributed by atoms with Gasteiger partial charge in [0.05, 0.1) is 5.56 Å². The van der Waals surface area contributed by atoms with Gasteiger partial charge in [0.25, 0.3) is 0 Å². The van der Waals surface area contributed by atoms with Crippen molar-refractivity contribution in [3.8, 4) is 0 Å². The van der Waals surface area contributed by atoms with Crippen molar-refractivity contribution in [1.29, 1.82) is 0 Å². The molecule has 2 saturated carbocycles. The first-order chi connectivity index (χ1) is 14.1. The molecule has 0 spiro atoms. The summed E-state index contributed by atoms with van der Waals surface area (Å²) in [5.74, 6) is 2.11. The van der Waals surface area contributed by atoms with E-state index < -0.39 is 5.97 Å². The molecule has 0 aliphatic heterocycles. The van der Waals surface area contributed by atoms with Gasteiger partial charge in [0.2, 0.25) is 0 Å². The molecular formula is C27H42O2.